The molecule has 9 N–H and O–H groups in total. The average Bonchev–Trinajstić information content (AvgIpc) is 3.05. The normalized spacial score (nSPS) is 10.6. The van der Waals surface area contributed by atoms with Crippen molar-refractivity contribution in [2.24, 2.45) is 22.9 Å². The molecule has 0 spiro atoms. The van der Waals surface area contributed by atoms with Crippen molar-refractivity contribution in [1.82, 2.24) is 5.32 Å². The van der Waals surface area contributed by atoms with Crippen LogP contribution in [0.5, 0.6) is 0 Å². The maximum absolute atomic E-state index is 10.6. The Morgan fingerprint density at radius 3 is 0.723 bits per heavy atom. The molecule has 0 saturated carbocycles. The van der Waals surface area contributed by atoms with Crippen LogP contribution in [0.4, 0.5) is 0 Å². The molecule has 7 nitrogen and oxygen atoms in total. The van der Waals surface area contributed by atoms with Gasteiger partial charge >= 0.3 is 0 Å². The molecule has 0 aromatic carbocycles. The van der Waals surface area contributed by atoms with Gasteiger partial charge in [0.15, 0.2) is 0 Å². The molecule has 0 aromatic rings. The van der Waals surface area contributed by atoms with Crippen molar-refractivity contribution < 1.29 is 9.59 Å². The van der Waals surface area contributed by atoms with Gasteiger partial charge in [-0.15, -0.1) is 0 Å². The van der Waals surface area contributed by atoms with Crippen LogP contribution < -0.4 is 28.3 Å². The molecule has 2 amide bonds. The molecule has 0 atom stereocenters. The van der Waals surface area contributed by atoms with Crippen LogP contribution in [-0.4, -0.2) is 38.0 Å². The topological polar surface area (TPSA) is 150 Å². The lowest BCUT2D eigenvalue weighted by atomic mass is 10.0. The second kappa shape index (κ2) is 49.2. The molecule has 0 unspecified atom stereocenters. The molecular formula is C40H87N5O2. The average molecular weight is 670 g/mol. The summed E-state index contributed by atoms with van der Waals surface area (Å²) in [5.41, 5.74) is 20.5. The van der Waals surface area contributed by atoms with E-state index in [2.05, 4.69) is 19.2 Å². The van der Waals surface area contributed by atoms with Crippen molar-refractivity contribution in [3.05, 3.63) is 0 Å². The molecule has 0 rings (SSSR count). The summed E-state index contributed by atoms with van der Waals surface area (Å²) in [7, 11) is 0. The lowest BCUT2D eigenvalue weighted by molar-refractivity contribution is -0.119. The molecule has 0 radical (unpaired) electrons. The van der Waals surface area contributed by atoms with Gasteiger partial charge in [-0.3, -0.25) is 9.59 Å². The van der Waals surface area contributed by atoms with E-state index in [0.29, 0.717) is 25.9 Å². The number of amides is 2. The minimum atomic E-state index is -0.153. The minimum absolute atomic E-state index is 0.153. The SMILES string of the molecule is CCCCCCCCCCCCCCCCCC(N)=O.CCCCCCCCCCCCCCCCCC(N)=O.NCCNCCN. The molecule has 0 aliphatic carbocycles. The van der Waals surface area contributed by atoms with E-state index >= 15 is 0 Å². The number of carbonyl (C=O) groups excluding carboxylic acids is 2. The fourth-order valence-corrected chi connectivity index (χ4v) is 5.67. The lowest BCUT2D eigenvalue weighted by Gasteiger charge is -2.03. The van der Waals surface area contributed by atoms with E-state index in [1.165, 1.54) is 180 Å². The standard InChI is InChI=1S/2C18H37NO.C4H13N3/c2*1-2-3-4-5-6-7-8-9-10-11-12-13-14-15-16-17-18(19)20;5-1-3-7-4-2-6/h2*2-17H2,1H3,(H2,19,20);7H,1-6H2. The van der Waals surface area contributed by atoms with E-state index in [1.54, 1.807) is 0 Å². The smallest absolute Gasteiger partial charge is 0.217 e. The van der Waals surface area contributed by atoms with Crippen LogP contribution in [0, 0.1) is 0 Å². The van der Waals surface area contributed by atoms with Crippen molar-refractivity contribution in [1.29, 1.82) is 0 Å². The summed E-state index contributed by atoms with van der Waals surface area (Å²) in [6, 6.07) is 0. The highest BCUT2D eigenvalue weighted by atomic mass is 16.1. The van der Waals surface area contributed by atoms with Crippen LogP contribution in [-0.2, 0) is 9.59 Å². The van der Waals surface area contributed by atoms with Crippen molar-refractivity contribution in [3.8, 4) is 0 Å². The Morgan fingerprint density at radius 2 is 0.553 bits per heavy atom. The largest absolute Gasteiger partial charge is 0.370 e. The van der Waals surface area contributed by atoms with Crippen molar-refractivity contribution in [2.75, 3.05) is 26.2 Å². The van der Waals surface area contributed by atoms with Crippen LogP contribution in [0.2, 0.25) is 0 Å². The third kappa shape index (κ3) is 60.6. The highest BCUT2D eigenvalue weighted by molar-refractivity contribution is 5.73. The minimum Gasteiger partial charge on any atom is -0.370 e. The molecular weight excluding hydrogens is 582 g/mol. The zero-order valence-corrected chi connectivity index (χ0v) is 32.1. The van der Waals surface area contributed by atoms with Crippen molar-refractivity contribution >= 4 is 11.8 Å². The first-order valence-electron chi connectivity index (χ1n) is 20.6. The van der Waals surface area contributed by atoms with Gasteiger partial charge in [0.05, 0.1) is 0 Å². The van der Waals surface area contributed by atoms with Crippen LogP contribution in [0.15, 0.2) is 0 Å². The summed E-state index contributed by atoms with van der Waals surface area (Å²) >= 11 is 0. The predicted molar refractivity (Wildman–Crippen MR) is 208 cm³/mol. The molecule has 0 aliphatic rings. The van der Waals surface area contributed by atoms with Crippen LogP contribution in [0.25, 0.3) is 0 Å². The molecule has 47 heavy (non-hydrogen) atoms. The summed E-state index contributed by atoms with van der Waals surface area (Å²) in [6.07, 6.45) is 41.8. The Kier molecular flexibility index (Phi) is 52.6. The zero-order chi connectivity index (χ0) is 35.3. The number of carbonyl (C=O) groups is 2. The number of hydrogen-bond donors (Lipinski definition) is 5. The lowest BCUT2D eigenvalue weighted by Crippen LogP contribution is -2.27. The summed E-state index contributed by atoms with van der Waals surface area (Å²) in [6.45, 7) is 7.68. The van der Waals surface area contributed by atoms with E-state index in [1.807, 2.05) is 0 Å². The Hall–Kier alpha value is -1.18. The first-order chi connectivity index (χ1) is 23.0. The van der Waals surface area contributed by atoms with Crippen LogP contribution >= 0.6 is 0 Å². The number of primary amides is 2. The molecule has 0 fully saturated rings. The van der Waals surface area contributed by atoms with Crippen LogP contribution in [0.3, 0.4) is 0 Å². The van der Waals surface area contributed by atoms with E-state index < -0.39 is 0 Å². The molecule has 0 saturated heterocycles. The van der Waals surface area contributed by atoms with Gasteiger partial charge in [0.1, 0.15) is 0 Å². The first-order valence-corrected chi connectivity index (χ1v) is 20.6. The van der Waals surface area contributed by atoms with Gasteiger partial charge < -0.3 is 28.3 Å². The fraction of sp³-hybridized carbons (Fsp3) is 0.950. The van der Waals surface area contributed by atoms with Gasteiger partial charge in [0.2, 0.25) is 11.8 Å². The molecule has 7 heteroatoms. The number of hydrogen-bond acceptors (Lipinski definition) is 5. The van der Waals surface area contributed by atoms with E-state index in [-0.39, 0.29) is 11.8 Å². The molecule has 284 valence electrons. The van der Waals surface area contributed by atoms with E-state index in [0.717, 1.165) is 25.9 Å². The second-order valence-corrected chi connectivity index (χ2v) is 13.7. The number of nitrogens with two attached hydrogens (primary N) is 4. The zero-order valence-electron chi connectivity index (χ0n) is 32.1. The number of nitrogens with one attached hydrogen (secondary N) is 1. The van der Waals surface area contributed by atoms with Crippen molar-refractivity contribution in [2.45, 2.75) is 219 Å². The maximum Gasteiger partial charge on any atom is 0.217 e. The highest BCUT2D eigenvalue weighted by Gasteiger charge is 1.97. The predicted octanol–water partition coefficient (Wildman–Crippen LogP) is 9.96. The van der Waals surface area contributed by atoms with Gasteiger partial charge in [-0.2, -0.15) is 0 Å². The van der Waals surface area contributed by atoms with E-state index in [4.69, 9.17) is 22.9 Å². The quantitative estimate of drug-likeness (QED) is 0.0421. The maximum atomic E-state index is 10.6. The Labute approximate surface area is 294 Å². The summed E-state index contributed by atoms with van der Waals surface area (Å²) in [4.78, 5) is 21.1. The van der Waals surface area contributed by atoms with E-state index in [9.17, 15) is 9.59 Å². The number of unbranched alkanes of at least 4 members (excludes halogenated alkanes) is 28. The Bertz CT molecular complexity index is 529. The van der Waals surface area contributed by atoms with Gasteiger partial charge in [0, 0.05) is 39.0 Å². The summed E-state index contributed by atoms with van der Waals surface area (Å²) < 4.78 is 0. The van der Waals surface area contributed by atoms with Crippen LogP contribution in [0.1, 0.15) is 219 Å². The Morgan fingerprint density at radius 1 is 0.362 bits per heavy atom. The Balaban J connectivity index is -0.000000685. The molecule has 0 aliphatic heterocycles. The number of rotatable bonds is 36. The highest BCUT2D eigenvalue weighted by Crippen LogP contribution is 2.15. The summed E-state index contributed by atoms with van der Waals surface area (Å²) in [5, 5.41) is 3.03. The van der Waals surface area contributed by atoms with Crippen molar-refractivity contribution in [3.63, 3.8) is 0 Å². The molecule has 0 bridgehead atoms. The third-order valence-corrected chi connectivity index (χ3v) is 8.70. The van der Waals surface area contributed by atoms with Gasteiger partial charge in [-0.1, -0.05) is 194 Å². The summed E-state index contributed by atoms with van der Waals surface area (Å²) in [5.74, 6) is -0.306. The van der Waals surface area contributed by atoms with Gasteiger partial charge in [0.25, 0.3) is 0 Å². The first kappa shape index (κ1) is 50.2. The fourth-order valence-electron chi connectivity index (χ4n) is 5.67. The molecule has 0 heterocycles. The molecule has 0 aromatic heterocycles. The third-order valence-electron chi connectivity index (χ3n) is 8.70. The van der Waals surface area contributed by atoms with Gasteiger partial charge in [-0.05, 0) is 12.8 Å². The monoisotopic (exact) mass is 670 g/mol. The second-order valence-electron chi connectivity index (χ2n) is 13.7. The van der Waals surface area contributed by atoms with Gasteiger partial charge in [-0.25, -0.2) is 0 Å².